The minimum absolute atomic E-state index is 0.0138. The summed E-state index contributed by atoms with van der Waals surface area (Å²) >= 11 is 0. The van der Waals surface area contributed by atoms with Gasteiger partial charge in [0, 0.05) is 12.6 Å². The predicted molar refractivity (Wildman–Crippen MR) is 92.1 cm³/mol. The molecule has 2 aromatic rings. The molecule has 2 N–H and O–H groups in total. The van der Waals surface area contributed by atoms with Crippen molar-refractivity contribution in [1.82, 2.24) is 5.32 Å². The van der Waals surface area contributed by atoms with Crippen LogP contribution in [0.4, 0.5) is 4.39 Å². The molecule has 0 aliphatic heterocycles. The van der Waals surface area contributed by atoms with E-state index in [0.29, 0.717) is 23.6 Å². The zero-order valence-electron chi connectivity index (χ0n) is 14.5. The SMILES string of the molecule is COc1cc(C)c(C(C)NCC(O)c2ccc(F)cc2)cc1OC. The maximum atomic E-state index is 12.9. The molecule has 2 atom stereocenters. The number of ether oxygens (including phenoxy) is 2. The number of hydrogen-bond acceptors (Lipinski definition) is 4. The van der Waals surface area contributed by atoms with Crippen LogP contribution in [0.15, 0.2) is 36.4 Å². The second-order valence-corrected chi connectivity index (χ2v) is 5.76. The minimum Gasteiger partial charge on any atom is -0.493 e. The average molecular weight is 333 g/mol. The normalized spacial score (nSPS) is 13.4. The summed E-state index contributed by atoms with van der Waals surface area (Å²) in [6.07, 6.45) is -0.700. The number of rotatable bonds is 7. The zero-order valence-corrected chi connectivity index (χ0v) is 14.5. The zero-order chi connectivity index (χ0) is 17.7. The Hall–Kier alpha value is -2.11. The van der Waals surface area contributed by atoms with Crippen LogP contribution in [-0.4, -0.2) is 25.9 Å². The van der Waals surface area contributed by atoms with Gasteiger partial charge < -0.3 is 19.9 Å². The van der Waals surface area contributed by atoms with Crippen LogP contribution in [0.25, 0.3) is 0 Å². The lowest BCUT2D eigenvalue weighted by Gasteiger charge is -2.21. The molecule has 0 saturated carbocycles. The van der Waals surface area contributed by atoms with E-state index in [4.69, 9.17) is 9.47 Å². The van der Waals surface area contributed by atoms with Crippen LogP contribution in [0.5, 0.6) is 11.5 Å². The van der Waals surface area contributed by atoms with E-state index in [-0.39, 0.29) is 11.9 Å². The van der Waals surface area contributed by atoms with E-state index in [9.17, 15) is 9.50 Å². The van der Waals surface area contributed by atoms with Gasteiger partial charge in [-0.05, 0) is 54.8 Å². The van der Waals surface area contributed by atoms with Crippen LogP contribution in [-0.2, 0) is 0 Å². The summed E-state index contributed by atoms with van der Waals surface area (Å²) in [5.41, 5.74) is 2.82. The second kappa shape index (κ2) is 8.13. The Morgan fingerprint density at radius 1 is 1.08 bits per heavy atom. The fourth-order valence-corrected chi connectivity index (χ4v) is 2.66. The third-order valence-corrected chi connectivity index (χ3v) is 4.11. The molecule has 5 heteroatoms. The molecule has 0 fully saturated rings. The maximum Gasteiger partial charge on any atom is 0.161 e. The van der Waals surface area contributed by atoms with Crippen molar-refractivity contribution in [3.8, 4) is 11.5 Å². The van der Waals surface area contributed by atoms with Gasteiger partial charge in [0.25, 0.3) is 0 Å². The van der Waals surface area contributed by atoms with Crippen molar-refractivity contribution in [2.45, 2.75) is 26.0 Å². The van der Waals surface area contributed by atoms with Gasteiger partial charge in [-0.3, -0.25) is 0 Å². The summed E-state index contributed by atoms with van der Waals surface area (Å²) in [5.74, 6) is 1.05. The third-order valence-electron chi connectivity index (χ3n) is 4.11. The first-order chi connectivity index (χ1) is 11.5. The third kappa shape index (κ3) is 4.24. The Labute approximate surface area is 142 Å². The number of aliphatic hydroxyl groups is 1. The summed E-state index contributed by atoms with van der Waals surface area (Å²) in [4.78, 5) is 0. The Bertz CT molecular complexity index is 673. The van der Waals surface area contributed by atoms with Gasteiger partial charge in [-0.1, -0.05) is 12.1 Å². The van der Waals surface area contributed by atoms with Crippen LogP contribution in [0.1, 0.15) is 35.8 Å². The van der Waals surface area contributed by atoms with Crippen molar-refractivity contribution in [3.05, 3.63) is 58.9 Å². The average Bonchev–Trinajstić information content (AvgIpc) is 2.59. The highest BCUT2D eigenvalue weighted by Crippen LogP contribution is 2.33. The minimum atomic E-state index is -0.700. The van der Waals surface area contributed by atoms with Gasteiger partial charge in [-0.2, -0.15) is 0 Å². The highest BCUT2D eigenvalue weighted by molar-refractivity contribution is 5.48. The van der Waals surface area contributed by atoms with Gasteiger partial charge in [0.15, 0.2) is 11.5 Å². The monoisotopic (exact) mass is 333 g/mol. The first-order valence-electron chi connectivity index (χ1n) is 7.85. The van der Waals surface area contributed by atoms with Gasteiger partial charge in [0.2, 0.25) is 0 Å². The molecule has 2 aromatic carbocycles. The number of hydrogen-bond donors (Lipinski definition) is 2. The lowest BCUT2D eigenvalue weighted by molar-refractivity contribution is 0.170. The lowest BCUT2D eigenvalue weighted by Crippen LogP contribution is -2.25. The van der Waals surface area contributed by atoms with E-state index in [0.717, 1.165) is 11.1 Å². The van der Waals surface area contributed by atoms with Gasteiger partial charge in [0.05, 0.1) is 20.3 Å². The smallest absolute Gasteiger partial charge is 0.161 e. The molecular formula is C19H24FNO3. The maximum absolute atomic E-state index is 12.9. The summed E-state index contributed by atoms with van der Waals surface area (Å²) in [7, 11) is 3.21. The first kappa shape index (κ1) is 18.2. The van der Waals surface area contributed by atoms with E-state index in [1.54, 1.807) is 26.4 Å². The van der Waals surface area contributed by atoms with E-state index >= 15 is 0 Å². The largest absolute Gasteiger partial charge is 0.493 e. The van der Waals surface area contributed by atoms with Crippen LogP contribution in [0, 0.1) is 12.7 Å². The molecule has 24 heavy (non-hydrogen) atoms. The van der Waals surface area contributed by atoms with Crippen LogP contribution in [0.2, 0.25) is 0 Å². The highest BCUT2D eigenvalue weighted by Gasteiger charge is 2.15. The van der Waals surface area contributed by atoms with Crippen molar-refractivity contribution in [2.24, 2.45) is 0 Å². The van der Waals surface area contributed by atoms with Crippen molar-refractivity contribution < 1.29 is 19.0 Å². The van der Waals surface area contributed by atoms with Crippen molar-refractivity contribution in [3.63, 3.8) is 0 Å². The number of aryl methyl sites for hydroxylation is 1. The molecule has 2 rings (SSSR count). The lowest BCUT2D eigenvalue weighted by atomic mass is 10.0. The fraction of sp³-hybridized carbons (Fsp3) is 0.368. The second-order valence-electron chi connectivity index (χ2n) is 5.76. The number of aliphatic hydroxyl groups excluding tert-OH is 1. The topological polar surface area (TPSA) is 50.7 Å². The Balaban J connectivity index is 2.06. The molecule has 0 amide bonds. The number of methoxy groups -OCH3 is 2. The molecule has 0 spiro atoms. The summed E-state index contributed by atoms with van der Waals surface area (Å²) < 4.78 is 23.6. The standard InChI is InChI=1S/C19H24FNO3/c1-12-9-18(23-3)19(24-4)10-16(12)13(2)21-11-17(22)14-5-7-15(20)8-6-14/h5-10,13,17,21-22H,11H2,1-4H3. The first-order valence-corrected chi connectivity index (χ1v) is 7.85. The molecule has 0 aliphatic carbocycles. The summed E-state index contributed by atoms with van der Waals surface area (Å²) in [6, 6.07) is 9.77. The number of benzene rings is 2. The quantitative estimate of drug-likeness (QED) is 0.814. The van der Waals surface area contributed by atoms with E-state index < -0.39 is 6.10 Å². The Morgan fingerprint density at radius 3 is 2.25 bits per heavy atom. The van der Waals surface area contributed by atoms with Crippen molar-refractivity contribution in [1.29, 1.82) is 0 Å². The molecule has 0 aromatic heterocycles. The molecule has 0 aliphatic rings. The number of nitrogens with one attached hydrogen (secondary N) is 1. The van der Waals surface area contributed by atoms with E-state index in [1.807, 2.05) is 26.0 Å². The van der Waals surface area contributed by atoms with Gasteiger partial charge >= 0.3 is 0 Å². The molecule has 0 heterocycles. The molecule has 4 nitrogen and oxygen atoms in total. The molecular weight excluding hydrogens is 309 g/mol. The summed E-state index contributed by atoms with van der Waals surface area (Å²) in [5, 5.41) is 13.5. The van der Waals surface area contributed by atoms with Crippen molar-refractivity contribution in [2.75, 3.05) is 20.8 Å². The van der Waals surface area contributed by atoms with Crippen LogP contribution in [0.3, 0.4) is 0 Å². The van der Waals surface area contributed by atoms with E-state index in [2.05, 4.69) is 5.32 Å². The Kier molecular flexibility index (Phi) is 6.17. The molecule has 0 radical (unpaired) electrons. The molecule has 130 valence electrons. The fourth-order valence-electron chi connectivity index (χ4n) is 2.66. The van der Waals surface area contributed by atoms with Crippen LogP contribution < -0.4 is 14.8 Å². The van der Waals surface area contributed by atoms with Gasteiger partial charge in [-0.15, -0.1) is 0 Å². The van der Waals surface area contributed by atoms with Gasteiger partial charge in [-0.25, -0.2) is 4.39 Å². The Morgan fingerprint density at radius 2 is 1.67 bits per heavy atom. The highest BCUT2D eigenvalue weighted by atomic mass is 19.1. The van der Waals surface area contributed by atoms with E-state index in [1.165, 1.54) is 12.1 Å². The molecule has 2 unspecified atom stereocenters. The van der Waals surface area contributed by atoms with Gasteiger partial charge in [0.1, 0.15) is 5.82 Å². The summed E-state index contributed by atoms with van der Waals surface area (Å²) in [6.45, 7) is 4.39. The van der Waals surface area contributed by atoms with Crippen molar-refractivity contribution >= 4 is 0 Å². The molecule has 0 bridgehead atoms. The predicted octanol–water partition coefficient (Wildman–Crippen LogP) is 3.54. The van der Waals surface area contributed by atoms with Crippen LogP contribution >= 0.6 is 0 Å². The number of halogens is 1. The molecule has 0 saturated heterocycles.